The molecule has 0 aromatic rings. The van der Waals surface area contributed by atoms with E-state index in [0.29, 0.717) is 19.4 Å². The first-order valence-corrected chi connectivity index (χ1v) is 5.18. The molecule has 1 fully saturated rings. The summed E-state index contributed by atoms with van der Waals surface area (Å²) in [5, 5.41) is 0. The molecular weight excluding hydrogens is 189 g/mol. The molecule has 1 aliphatic heterocycles. The van der Waals surface area contributed by atoms with Crippen LogP contribution >= 0.6 is 12.9 Å². The monoisotopic (exact) mass is 207 g/mol. The van der Waals surface area contributed by atoms with Crippen molar-refractivity contribution >= 4 is 12.9 Å². The Labute approximate surface area is 85.1 Å². The Morgan fingerprint density at radius 1 is 1.46 bits per heavy atom. The minimum atomic E-state index is -0.934. The SMILES string of the molecule is CC1(F)CCN(CCCOS)CC1. The second-order valence-corrected chi connectivity index (χ2v) is 4.20. The van der Waals surface area contributed by atoms with Gasteiger partial charge in [0.15, 0.2) is 0 Å². The van der Waals surface area contributed by atoms with Gasteiger partial charge in [0.1, 0.15) is 5.67 Å². The number of hydrogen-bond acceptors (Lipinski definition) is 3. The van der Waals surface area contributed by atoms with Gasteiger partial charge in [-0.2, -0.15) is 0 Å². The van der Waals surface area contributed by atoms with Crippen molar-refractivity contribution in [2.24, 2.45) is 0 Å². The fourth-order valence-electron chi connectivity index (χ4n) is 1.60. The molecule has 13 heavy (non-hydrogen) atoms. The number of thiol groups is 1. The zero-order valence-corrected chi connectivity index (χ0v) is 9.02. The molecule has 0 aliphatic carbocycles. The van der Waals surface area contributed by atoms with Crippen LogP contribution in [0, 0.1) is 0 Å². The van der Waals surface area contributed by atoms with Crippen LogP contribution in [0.3, 0.4) is 0 Å². The molecule has 0 aromatic carbocycles. The maximum atomic E-state index is 13.4. The summed E-state index contributed by atoms with van der Waals surface area (Å²) in [4.78, 5) is 2.29. The number of piperidine rings is 1. The van der Waals surface area contributed by atoms with Gasteiger partial charge in [0.25, 0.3) is 0 Å². The highest BCUT2D eigenvalue weighted by atomic mass is 32.1. The lowest BCUT2D eigenvalue weighted by molar-refractivity contribution is 0.0720. The summed E-state index contributed by atoms with van der Waals surface area (Å²) in [5.41, 5.74) is -0.934. The first-order valence-electron chi connectivity index (χ1n) is 4.82. The maximum Gasteiger partial charge on any atom is 0.110 e. The van der Waals surface area contributed by atoms with E-state index in [1.165, 1.54) is 0 Å². The Morgan fingerprint density at radius 3 is 2.62 bits per heavy atom. The number of likely N-dealkylation sites (tertiary alicyclic amines) is 1. The topological polar surface area (TPSA) is 12.5 Å². The number of nitrogens with zero attached hydrogens (tertiary/aromatic N) is 1. The van der Waals surface area contributed by atoms with Crippen LogP contribution in [-0.2, 0) is 4.18 Å². The Bertz CT molecular complexity index is 145. The molecule has 0 amide bonds. The van der Waals surface area contributed by atoms with Crippen LogP contribution in [0.25, 0.3) is 0 Å². The Morgan fingerprint density at radius 2 is 2.08 bits per heavy atom. The summed E-state index contributed by atoms with van der Waals surface area (Å²) >= 11 is 3.67. The van der Waals surface area contributed by atoms with E-state index in [0.717, 1.165) is 26.1 Å². The lowest BCUT2D eigenvalue weighted by Crippen LogP contribution is -2.40. The van der Waals surface area contributed by atoms with Crippen molar-refractivity contribution in [2.45, 2.75) is 31.9 Å². The minimum absolute atomic E-state index is 0.661. The van der Waals surface area contributed by atoms with Crippen molar-refractivity contribution in [3.63, 3.8) is 0 Å². The molecule has 0 N–H and O–H groups in total. The van der Waals surface area contributed by atoms with Gasteiger partial charge in [0.2, 0.25) is 0 Å². The predicted molar refractivity (Wildman–Crippen MR) is 54.7 cm³/mol. The largest absolute Gasteiger partial charge is 0.318 e. The highest BCUT2D eigenvalue weighted by Gasteiger charge is 2.28. The second kappa shape index (κ2) is 5.17. The van der Waals surface area contributed by atoms with Crippen molar-refractivity contribution in [3.8, 4) is 0 Å². The molecule has 1 rings (SSSR count). The average Bonchev–Trinajstić information content (AvgIpc) is 2.08. The third kappa shape index (κ3) is 4.29. The van der Waals surface area contributed by atoms with Crippen LogP contribution in [0.15, 0.2) is 0 Å². The quantitative estimate of drug-likeness (QED) is 0.430. The third-order valence-electron chi connectivity index (χ3n) is 2.61. The molecule has 0 spiro atoms. The van der Waals surface area contributed by atoms with E-state index in [-0.39, 0.29) is 0 Å². The second-order valence-electron chi connectivity index (χ2n) is 3.94. The summed E-state index contributed by atoms with van der Waals surface area (Å²) in [6.07, 6.45) is 2.30. The fourth-order valence-corrected chi connectivity index (χ4v) is 1.72. The molecule has 0 unspecified atom stereocenters. The Hall–Kier alpha value is 0.200. The van der Waals surface area contributed by atoms with Gasteiger partial charge < -0.3 is 9.08 Å². The maximum absolute atomic E-state index is 13.4. The van der Waals surface area contributed by atoms with Gasteiger partial charge in [-0.15, -0.1) is 0 Å². The smallest absolute Gasteiger partial charge is 0.110 e. The van der Waals surface area contributed by atoms with Gasteiger partial charge in [-0.1, -0.05) is 0 Å². The van der Waals surface area contributed by atoms with Crippen LogP contribution in [0.5, 0.6) is 0 Å². The van der Waals surface area contributed by atoms with E-state index in [4.69, 9.17) is 0 Å². The van der Waals surface area contributed by atoms with Gasteiger partial charge in [0.05, 0.1) is 6.61 Å². The summed E-state index contributed by atoms with van der Waals surface area (Å²) in [5.74, 6) is 0. The Balaban J connectivity index is 2.11. The van der Waals surface area contributed by atoms with Crippen LogP contribution in [0.4, 0.5) is 4.39 Å². The van der Waals surface area contributed by atoms with Crippen molar-refractivity contribution in [1.82, 2.24) is 4.90 Å². The standard InChI is InChI=1S/C9H18FNOS/c1-9(10)3-6-11(7-4-9)5-2-8-12-13/h13H,2-8H2,1H3. The molecule has 0 bridgehead atoms. The van der Waals surface area contributed by atoms with Crippen LogP contribution in [0.2, 0.25) is 0 Å². The molecular formula is C9H18FNOS. The van der Waals surface area contributed by atoms with E-state index >= 15 is 0 Å². The highest BCUT2D eigenvalue weighted by Crippen LogP contribution is 2.25. The normalized spacial score (nSPS) is 23.3. The lowest BCUT2D eigenvalue weighted by atomic mass is 9.96. The number of hydrogen-bond donors (Lipinski definition) is 1. The molecule has 78 valence electrons. The summed E-state index contributed by atoms with van der Waals surface area (Å²) < 4.78 is 18.0. The van der Waals surface area contributed by atoms with Crippen molar-refractivity contribution < 1.29 is 8.57 Å². The molecule has 0 atom stereocenters. The average molecular weight is 207 g/mol. The molecule has 1 saturated heterocycles. The molecule has 0 radical (unpaired) electrons. The zero-order valence-electron chi connectivity index (χ0n) is 8.13. The molecule has 4 heteroatoms. The van der Waals surface area contributed by atoms with Crippen LogP contribution < -0.4 is 0 Å². The van der Waals surface area contributed by atoms with Crippen LogP contribution in [0.1, 0.15) is 26.2 Å². The molecule has 0 saturated carbocycles. The first-order chi connectivity index (χ1) is 6.14. The van der Waals surface area contributed by atoms with E-state index in [2.05, 4.69) is 22.0 Å². The van der Waals surface area contributed by atoms with Gasteiger partial charge in [-0.3, -0.25) is 0 Å². The van der Waals surface area contributed by atoms with E-state index in [1.807, 2.05) is 0 Å². The first kappa shape index (κ1) is 11.3. The predicted octanol–water partition coefficient (Wildman–Crippen LogP) is 2.06. The fraction of sp³-hybridized carbons (Fsp3) is 1.00. The van der Waals surface area contributed by atoms with Gasteiger partial charge in [0, 0.05) is 19.6 Å². The van der Waals surface area contributed by atoms with Crippen molar-refractivity contribution in [1.29, 1.82) is 0 Å². The molecule has 0 aromatic heterocycles. The third-order valence-corrected chi connectivity index (χ3v) is 2.79. The number of halogens is 1. The van der Waals surface area contributed by atoms with E-state index < -0.39 is 5.67 Å². The number of rotatable bonds is 4. The minimum Gasteiger partial charge on any atom is -0.318 e. The highest BCUT2D eigenvalue weighted by molar-refractivity contribution is 7.75. The van der Waals surface area contributed by atoms with E-state index in [9.17, 15) is 4.39 Å². The molecule has 1 heterocycles. The van der Waals surface area contributed by atoms with Crippen LogP contribution in [-0.4, -0.2) is 36.8 Å². The molecule has 1 aliphatic rings. The summed E-state index contributed by atoms with van der Waals surface area (Å²) in [6.45, 7) is 5.11. The summed E-state index contributed by atoms with van der Waals surface area (Å²) in [7, 11) is 0. The number of alkyl halides is 1. The van der Waals surface area contributed by atoms with Crippen molar-refractivity contribution in [2.75, 3.05) is 26.2 Å². The van der Waals surface area contributed by atoms with Gasteiger partial charge >= 0.3 is 0 Å². The van der Waals surface area contributed by atoms with Gasteiger partial charge in [-0.25, -0.2) is 4.39 Å². The lowest BCUT2D eigenvalue weighted by Gasteiger charge is -2.33. The zero-order chi connectivity index (χ0) is 9.73. The Kier molecular flexibility index (Phi) is 4.49. The van der Waals surface area contributed by atoms with Crippen molar-refractivity contribution in [3.05, 3.63) is 0 Å². The summed E-state index contributed by atoms with van der Waals surface area (Å²) in [6, 6.07) is 0. The molecule has 2 nitrogen and oxygen atoms in total. The van der Waals surface area contributed by atoms with Gasteiger partial charge in [-0.05, 0) is 39.1 Å². The van der Waals surface area contributed by atoms with E-state index in [1.54, 1.807) is 6.92 Å².